The number of hydrogen-bond acceptors (Lipinski definition) is 6. The van der Waals surface area contributed by atoms with Crippen LogP contribution in [-0.4, -0.2) is 59.3 Å². The van der Waals surface area contributed by atoms with Gasteiger partial charge in [-0.15, -0.1) is 0 Å². The van der Waals surface area contributed by atoms with Crippen LogP contribution in [0.3, 0.4) is 0 Å². The molecule has 0 saturated heterocycles. The van der Waals surface area contributed by atoms with Gasteiger partial charge in [-0.25, -0.2) is 4.79 Å². The van der Waals surface area contributed by atoms with Crippen LogP contribution in [0.2, 0.25) is 0 Å². The number of rotatable bonds is 45. The van der Waals surface area contributed by atoms with Crippen LogP contribution < -0.4 is 10.6 Å². The zero-order valence-corrected chi connectivity index (χ0v) is 38.7. The van der Waals surface area contributed by atoms with E-state index in [1.54, 1.807) is 0 Å². The zero-order chi connectivity index (χ0) is 44.0. The standard InChI is InChI=1S/C51H92N2O7/c1-3-5-7-9-11-13-15-16-17-18-19-20-21-22-23-24-26-28-30-35-39-43-50(57)60-46(40-36-32-29-27-25-14-12-10-8-6-4-2)41-37-33-31-34-38-42-48(55)52-44-49(56)53-47(45-54)51(58)59/h12,14,18-19,27,29,46-47,54H,3-11,13,15-17,20-26,28,30-45H2,1-2H3,(H,52,55)(H,53,56)(H,58,59)/b14-12-,19-18-,29-27-. The minimum atomic E-state index is -1.39. The Labute approximate surface area is 367 Å². The van der Waals surface area contributed by atoms with Crippen LogP contribution in [0, 0.1) is 0 Å². The Kier molecular flexibility index (Phi) is 43.4. The highest BCUT2D eigenvalue weighted by molar-refractivity contribution is 5.87. The van der Waals surface area contributed by atoms with E-state index in [2.05, 4.69) is 60.9 Å². The summed E-state index contributed by atoms with van der Waals surface area (Å²) in [5.41, 5.74) is 0. The summed E-state index contributed by atoms with van der Waals surface area (Å²) in [4.78, 5) is 47.7. The molecule has 0 aromatic rings. The number of carboxylic acid groups (broad SMARTS) is 1. The van der Waals surface area contributed by atoms with Gasteiger partial charge in [0, 0.05) is 12.8 Å². The second-order valence-electron chi connectivity index (χ2n) is 16.9. The summed E-state index contributed by atoms with van der Waals surface area (Å²) < 4.78 is 6.02. The van der Waals surface area contributed by atoms with Crippen molar-refractivity contribution >= 4 is 23.8 Å². The summed E-state index contributed by atoms with van der Waals surface area (Å²) in [7, 11) is 0. The lowest BCUT2D eigenvalue weighted by Crippen LogP contribution is -2.47. The fourth-order valence-corrected chi connectivity index (χ4v) is 7.28. The molecular weight excluding hydrogens is 753 g/mol. The van der Waals surface area contributed by atoms with Gasteiger partial charge in [0.25, 0.3) is 0 Å². The molecule has 0 aromatic heterocycles. The molecular formula is C51H92N2O7. The van der Waals surface area contributed by atoms with Crippen LogP contribution in [0.1, 0.15) is 239 Å². The van der Waals surface area contributed by atoms with E-state index in [4.69, 9.17) is 14.9 Å². The number of unbranched alkanes of at least 4 members (excludes halogenated alkanes) is 25. The average Bonchev–Trinajstić information content (AvgIpc) is 3.23. The molecule has 60 heavy (non-hydrogen) atoms. The Morgan fingerprint density at radius 1 is 0.500 bits per heavy atom. The van der Waals surface area contributed by atoms with Gasteiger partial charge < -0.3 is 25.6 Å². The summed E-state index contributed by atoms with van der Waals surface area (Å²) >= 11 is 0. The van der Waals surface area contributed by atoms with Crippen molar-refractivity contribution in [1.82, 2.24) is 10.6 Å². The summed E-state index contributed by atoms with van der Waals surface area (Å²) in [5, 5.41) is 22.6. The van der Waals surface area contributed by atoms with Gasteiger partial charge in [0.1, 0.15) is 12.1 Å². The molecule has 9 nitrogen and oxygen atoms in total. The predicted octanol–water partition coefficient (Wildman–Crippen LogP) is 12.9. The van der Waals surface area contributed by atoms with Crippen molar-refractivity contribution in [3.63, 3.8) is 0 Å². The van der Waals surface area contributed by atoms with Crippen molar-refractivity contribution in [2.45, 2.75) is 251 Å². The molecule has 9 heteroatoms. The highest BCUT2D eigenvalue weighted by atomic mass is 16.5. The van der Waals surface area contributed by atoms with Crippen LogP contribution in [0.5, 0.6) is 0 Å². The van der Waals surface area contributed by atoms with E-state index >= 15 is 0 Å². The number of aliphatic carboxylic acids is 1. The second kappa shape index (κ2) is 45.6. The largest absolute Gasteiger partial charge is 0.480 e. The molecule has 0 saturated carbocycles. The SMILES string of the molecule is CCCCC/C=C\C/C=C\CCCC(CCCCCCCC(=O)NCC(=O)NC(CO)C(=O)O)OC(=O)CCCCCCCCCCC/C=C\CCCCCCCCCC. The predicted molar refractivity (Wildman–Crippen MR) is 250 cm³/mol. The van der Waals surface area contributed by atoms with Gasteiger partial charge in [0.05, 0.1) is 13.2 Å². The van der Waals surface area contributed by atoms with E-state index in [-0.39, 0.29) is 30.9 Å². The molecule has 0 fully saturated rings. The first-order valence-corrected chi connectivity index (χ1v) is 24.9. The third-order valence-corrected chi connectivity index (χ3v) is 11.1. The highest BCUT2D eigenvalue weighted by Crippen LogP contribution is 2.18. The number of carboxylic acids is 1. The summed E-state index contributed by atoms with van der Waals surface area (Å²) in [6.07, 6.45) is 53.3. The van der Waals surface area contributed by atoms with Crippen molar-refractivity contribution in [3.8, 4) is 0 Å². The maximum Gasteiger partial charge on any atom is 0.328 e. The Morgan fingerprint density at radius 3 is 1.45 bits per heavy atom. The summed E-state index contributed by atoms with van der Waals surface area (Å²) in [6.45, 7) is 3.46. The second-order valence-corrected chi connectivity index (χ2v) is 16.9. The van der Waals surface area contributed by atoms with Gasteiger partial charge in [0.2, 0.25) is 11.8 Å². The summed E-state index contributed by atoms with van der Waals surface area (Å²) in [6, 6.07) is -1.39. The number of nitrogens with one attached hydrogen (secondary N) is 2. The first-order valence-electron chi connectivity index (χ1n) is 24.9. The Hall–Kier alpha value is -2.94. The van der Waals surface area contributed by atoms with Gasteiger partial charge in [-0.05, 0) is 89.9 Å². The zero-order valence-electron chi connectivity index (χ0n) is 38.7. The van der Waals surface area contributed by atoms with Crippen LogP contribution in [0.4, 0.5) is 0 Å². The Morgan fingerprint density at radius 2 is 0.917 bits per heavy atom. The van der Waals surface area contributed by atoms with Crippen molar-refractivity contribution in [2.75, 3.05) is 13.2 Å². The topological polar surface area (TPSA) is 142 Å². The average molecular weight is 845 g/mol. The summed E-state index contributed by atoms with van der Waals surface area (Å²) in [5.74, 6) is -2.32. The smallest absolute Gasteiger partial charge is 0.328 e. The minimum Gasteiger partial charge on any atom is -0.480 e. The lowest BCUT2D eigenvalue weighted by molar-refractivity contribution is -0.150. The number of carbonyl (C=O) groups excluding carboxylic acids is 3. The molecule has 0 heterocycles. The number of aliphatic hydroxyl groups excluding tert-OH is 1. The number of carbonyl (C=O) groups is 4. The molecule has 2 amide bonds. The maximum atomic E-state index is 12.8. The molecule has 2 unspecified atom stereocenters. The number of amides is 2. The van der Waals surface area contributed by atoms with Crippen molar-refractivity contribution in [3.05, 3.63) is 36.5 Å². The molecule has 2 atom stereocenters. The molecule has 0 rings (SSSR count). The van der Waals surface area contributed by atoms with Gasteiger partial charge in [-0.2, -0.15) is 0 Å². The van der Waals surface area contributed by atoms with Gasteiger partial charge in [-0.3, -0.25) is 14.4 Å². The van der Waals surface area contributed by atoms with Crippen LogP contribution in [0.15, 0.2) is 36.5 Å². The molecule has 0 aliphatic heterocycles. The minimum absolute atomic E-state index is 0.0572. The molecule has 0 aromatic carbocycles. The lowest BCUT2D eigenvalue weighted by atomic mass is 10.0. The number of ether oxygens (including phenoxy) is 1. The molecule has 0 radical (unpaired) electrons. The van der Waals surface area contributed by atoms with Gasteiger partial charge >= 0.3 is 11.9 Å². The molecule has 0 spiro atoms. The number of esters is 1. The Balaban J connectivity index is 4.23. The van der Waals surface area contributed by atoms with E-state index in [1.807, 2.05) is 0 Å². The molecule has 0 aliphatic carbocycles. The first kappa shape index (κ1) is 57.1. The van der Waals surface area contributed by atoms with Crippen LogP contribution in [-0.2, 0) is 23.9 Å². The van der Waals surface area contributed by atoms with Gasteiger partial charge in [-0.1, -0.05) is 172 Å². The molecule has 0 bridgehead atoms. The van der Waals surface area contributed by atoms with Crippen molar-refractivity contribution in [1.29, 1.82) is 0 Å². The van der Waals surface area contributed by atoms with Gasteiger partial charge in [0.15, 0.2) is 0 Å². The normalized spacial score (nSPS) is 12.7. The third-order valence-electron chi connectivity index (χ3n) is 11.1. The van der Waals surface area contributed by atoms with Crippen molar-refractivity contribution < 1.29 is 34.1 Å². The van der Waals surface area contributed by atoms with E-state index < -0.39 is 24.5 Å². The maximum absolute atomic E-state index is 12.8. The number of hydrogen-bond donors (Lipinski definition) is 4. The van der Waals surface area contributed by atoms with E-state index in [0.29, 0.717) is 12.8 Å². The molecule has 0 aliphatic rings. The number of aliphatic hydroxyl groups is 1. The third kappa shape index (κ3) is 41.8. The fraction of sp³-hybridized carbons (Fsp3) is 0.804. The van der Waals surface area contributed by atoms with Crippen molar-refractivity contribution in [2.24, 2.45) is 0 Å². The van der Waals surface area contributed by atoms with E-state index in [9.17, 15) is 19.2 Å². The molecule has 348 valence electrons. The van der Waals surface area contributed by atoms with E-state index in [0.717, 1.165) is 77.0 Å². The lowest BCUT2D eigenvalue weighted by Gasteiger charge is -2.18. The van der Waals surface area contributed by atoms with E-state index in [1.165, 1.54) is 128 Å². The fourth-order valence-electron chi connectivity index (χ4n) is 7.28. The Bertz CT molecular complexity index is 1110. The molecule has 4 N–H and O–H groups in total. The first-order chi connectivity index (χ1) is 29.3. The monoisotopic (exact) mass is 845 g/mol. The van der Waals surface area contributed by atoms with Crippen LogP contribution >= 0.6 is 0 Å². The highest BCUT2D eigenvalue weighted by Gasteiger charge is 2.19. The van der Waals surface area contributed by atoms with Crippen LogP contribution in [0.25, 0.3) is 0 Å². The number of allylic oxidation sites excluding steroid dienone is 6. The quantitative estimate of drug-likeness (QED) is 0.0272.